The van der Waals surface area contributed by atoms with Gasteiger partial charge in [-0.2, -0.15) is 5.10 Å². The zero-order valence-electron chi connectivity index (χ0n) is 9.82. The number of rotatable bonds is 5. The lowest BCUT2D eigenvalue weighted by Gasteiger charge is -2.27. The Labute approximate surface area is 96.3 Å². The van der Waals surface area contributed by atoms with E-state index in [1.54, 1.807) is 7.11 Å². The summed E-state index contributed by atoms with van der Waals surface area (Å²) in [4.78, 5) is 0. The smallest absolute Gasteiger partial charge is 0.0704 e. The van der Waals surface area contributed by atoms with Gasteiger partial charge in [-0.15, -0.1) is 0 Å². The maximum absolute atomic E-state index is 5.74. The van der Waals surface area contributed by atoms with E-state index in [1.807, 2.05) is 6.20 Å². The average Bonchev–Trinajstić information content (AvgIpc) is 2.84. The van der Waals surface area contributed by atoms with Gasteiger partial charge in [0.05, 0.1) is 25.0 Å². The molecule has 1 aromatic rings. The lowest BCUT2D eigenvalue weighted by atomic mass is 9.85. The minimum atomic E-state index is 0.422. The van der Waals surface area contributed by atoms with Crippen molar-refractivity contribution in [1.82, 2.24) is 10.2 Å². The standard InChI is InChI=1S/C12H20N2O2/c1-15-8-9-16-11-4-2-10(3-5-11)12-6-7-13-14-12/h6-7,10-11H,2-5,8-9H2,1H3,(H,13,14). The predicted molar refractivity (Wildman–Crippen MR) is 61.4 cm³/mol. The third-order valence-electron chi connectivity index (χ3n) is 3.26. The molecule has 2 rings (SSSR count). The molecule has 0 aromatic carbocycles. The Kier molecular flexibility index (Phi) is 4.36. The van der Waals surface area contributed by atoms with Crippen LogP contribution in [-0.2, 0) is 9.47 Å². The molecule has 4 heteroatoms. The van der Waals surface area contributed by atoms with Gasteiger partial charge in [-0.25, -0.2) is 0 Å². The summed E-state index contributed by atoms with van der Waals surface area (Å²) in [5.41, 5.74) is 1.20. The minimum absolute atomic E-state index is 0.422. The quantitative estimate of drug-likeness (QED) is 0.779. The highest BCUT2D eigenvalue weighted by molar-refractivity contribution is 5.06. The van der Waals surface area contributed by atoms with E-state index < -0.39 is 0 Å². The molecule has 0 bridgehead atoms. The molecule has 0 radical (unpaired) electrons. The number of methoxy groups -OCH3 is 1. The summed E-state index contributed by atoms with van der Waals surface area (Å²) in [6.07, 6.45) is 6.97. The fraction of sp³-hybridized carbons (Fsp3) is 0.750. The fourth-order valence-corrected chi connectivity index (χ4v) is 2.32. The van der Waals surface area contributed by atoms with Crippen LogP contribution in [0.1, 0.15) is 37.3 Å². The normalized spacial score (nSPS) is 25.8. The van der Waals surface area contributed by atoms with Gasteiger partial charge in [0.25, 0.3) is 0 Å². The lowest BCUT2D eigenvalue weighted by molar-refractivity contribution is -0.00297. The van der Waals surface area contributed by atoms with Gasteiger partial charge in [-0.05, 0) is 31.7 Å². The Balaban J connectivity index is 1.70. The second-order valence-corrected chi connectivity index (χ2v) is 4.34. The maximum Gasteiger partial charge on any atom is 0.0704 e. The molecule has 0 atom stereocenters. The monoisotopic (exact) mass is 224 g/mol. The Morgan fingerprint density at radius 3 is 2.75 bits per heavy atom. The summed E-state index contributed by atoms with van der Waals surface area (Å²) in [5, 5.41) is 7.14. The van der Waals surface area contributed by atoms with Gasteiger partial charge in [0.1, 0.15) is 0 Å². The van der Waals surface area contributed by atoms with Crippen molar-refractivity contribution in [3.63, 3.8) is 0 Å². The van der Waals surface area contributed by atoms with E-state index in [2.05, 4.69) is 16.3 Å². The molecular formula is C12H20N2O2. The van der Waals surface area contributed by atoms with E-state index >= 15 is 0 Å². The Morgan fingerprint density at radius 1 is 1.31 bits per heavy atom. The largest absolute Gasteiger partial charge is 0.382 e. The second kappa shape index (κ2) is 6.01. The van der Waals surface area contributed by atoms with Crippen LogP contribution in [0.4, 0.5) is 0 Å². The van der Waals surface area contributed by atoms with Crippen molar-refractivity contribution in [1.29, 1.82) is 0 Å². The molecule has 4 nitrogen and oxygen atoms in total. The topological polar surface area (TPSA) is 47.1 Å². The van der Waals surface area contributed by atoms with Crippen LogP contribution >= 0.6 is 0 Å². The summed E-state index contributed by atoms with van der Waals surface area (Å²) >= 11 is 0. The van der Waals surface area contributed by atoms with E-state index in [9.17, 15) is 0 Å². The first-order chi connectivity index (χ1) is 7.90. The molecule has 1 N–H and O–H groups in total. The van der Waals surface area contributed by atoms with E-state index in [4.69, 9.17) is 9.47 Å². The molecule has 1 saturated carbocycles. The molecule has 0 aliphatic heterocycles. The number of aromatic nitrogens is 2. The number of H-pyrrole nitrogens is 1. The van der Waals surface area contributed by atoms with Gasteiger partial charge in [0.2, 0.25) is 0 Å². The first-order valence-corrected chi connectivity index (χ1v) is 6.00. The van der Waals surface area contributed by atoms with Gasteiger partial charge in [-0.1, -0.05) is 0 Å². The number of ether oxygens (including phenoxy) is 2. The highest BCUT2D eigenvalue weighted by Gasteiger charge is 2.23. The fourth-order valence-electron chi connectivity index (χ4n) is 2.32. The van der Waals surface area contributed by atoms with E-state index in [1.165, 1.54) is 18.5 Å². The van der Waals surface area contributed by atoms with Crippen LogP contribution < -0.4 is 0 Å². The summed E-state index contributed by atoms with van der Waals surface area (Å²) < 4.78 is 10.7. The van der Waals surface area contributed by atoms with Crippen molar-refractivity contribution in [2.45, 2.75) is 37.7 Å². The Bertz CT molecular complexity index is 279. The van der Waals surface area contributed by atoms with Crippen LogP contribution in [-0.4, -0.2) is 36.6 Å². The van der Waals surface area contributed by atoms with Gasteiger partial charge in [0.15, 0.2) is 0 Å². The number of nitrogens with one attached hydrogen (secondary N) is 1. The molecule has 0 spiro atoms. The summed E-state index contributed by atoms with van der Waals surface area (Å²) in [6, 6.07) is 2.08. The zero-order valence-corrected chi connectivity index (χ0v) is 9.82. The highest BCUT2D eigenvalue weighted by Crippen LogP contribution is 2.32. The summed E-state index contributed by atoms with van der Waals surface area (Å²) in [7, 11) is 1.71. The van der Waals surface area contributed by atoms with Gasteiger partial charge in [-0.3, -0.25) is 5.10 Å². The van der Waals surface area contributed by atoms with Crippen molar-refractivity contribution in [2.24, 2.45) is 0 Å². The van der Waals surface area contributed by atoms with Gasteiger partial charge in [0, 0.05) is 19.2 Å². The number of aromatic amines is 1. The van der Waals surface area contributed by atoms with Crippen molar-refractivity contribution >= 4 is 0 Å². The van der Waals surface area contributed by atoms with Gasteiger partial charge < -0.3 is 9.47 Å². The van der Waals surface area contributed by atoms with E-state index in [-0.39, 0.29) is 0 Å². The third-order valence-corrected chi connectivity index (χ3v) is 3.26. The zero-order chi connectivity index (χ0) is 11.2. The summed E-state index contributed by atoms with van der Waals surface area (Å²) in [6.45, 7) is 1.41. The molecule has 16 heavy (non-hydrogen) atoms. The average molecular weight is 224 g/mol. The SMILES string of the molecule is COCCOC1CCC(c2cc[nH]n2)CC1. The molecule has 1 heterocycles. The molecule has 0 amide bonds. The van der Waals surface area contributed by atoms with Crippen LogP contribution in [0, 0.1) is 0 Å². The van der Waals surface area contributed by atoms with Crippen LogP contribution in [0.25, 0.3) is 0 Å². The van der Waals surface area contributed by atoms with Crippen molar-refractivity contribution in [3.05, 3.63) is 18.0 Å². The number of hydrogen-bond donors (Lipinski definition) is 1. The molecule has 1 fully saturated rings. The molecule has 90 valence electrons. The molecular weight excluding hydrogens is 204 g/mol. The number of hydrogen-bond acceptors (Lipinski definition) is 3. The molecule has 1 aromatic heterocycles. The van der Waals surface area contributed by atoms with Crippen LogP contribution in [0.2, 0.25) is 0 Å². The Morgan fingerprint density at radius 2 is 2.12 bits per heavy atom. The van der Waals surface area contributed by atoms with Crippen LogP contribution in [0.15, 0.2) is 12.3 Å². The van der Waals surface area contributed by atoms with Crippen molar-refractivity contribution < 1.29 is 9.47 Å². The highest BCUT2D eigenvalue weighted by atomic mass is 16.5. The molecule has 1 aliphatic rings. The van der Waals surface area contributed by atoms with E-state index in [0.717, 1.165) is 12.8 Å². The van der Waals surface area contributed by atoms with Crippen molar-refractivity contribution in [2.75, 3.05) is 20.3 Å². The first kappa shape index (κ1) is 11.6. The third kappa shape index (κ3) is 3.06. The minimum Gasteiger partial charge on any atom is -0.382 e. The number of nitrogens with zero attached hydrogens (tertiary/aromatic N) is 1. The van der Waals surface area contributed by atoms with Crippen LogP contribution in [0.5, 0.6) is 0 Å². The maximum atomic E-state index is 5.74. The lowest BCUT2D eigenvalue weighted by Crippen LogP contribution is -2.22. The molecule has 0 saturated heterocycles. The van der Waals surface area contributed by atoms with Gasteiger partial charge >= 0.3 is 0 Å². The predicted octanol–water partition coefficient (Wildman–Crippen LogP) is 2.10. The molecule has 1 aliphatic carbocycles. The molecule has 0 unspecified atom stereocenters. The van der Waals surface area contributed by atoms with E-state index in [0.29, 0.717) is 25.2 Å². The van der Waals surface area contributed by atoms with Crippen LogP contribution in [0.3, 0.4) is 0 Å². The Hall–Kier alpha value is -0.870. The van der Waals surface area contributed by atoms with Crippen molar-refractivity contribution in [3.8, 4) is 0 Å². The second-order valence-electron chi connectivity index (χ2n) is 4.34. The first-order valence-electron chi connectivity index (χ1n) is 6.00. The summed E-state index contributed by atoms with van der Waals surface area (Å²) in [5.74, 6) is 0.619.